The Morgan fingerprint density at radius 2 is 1.95 bits per heavy atom. The second kappa shape index (κ2) is 6.40. The van der Waals surface area contributed by atoms with Gasteiger partial charge >= 0.3 is 5.97 Å². The first kappa shape index (κ1) is 15.0. The third-order valence-electron chi connectivity index (χ3n) is 4.67. The van der Waals surface area contributed by atoms with Crippen molar-refractivity contribution in [1.82, 2.24) is 4.90 Å². The lowest BCUT2D eigenvalue weighted by atomic mass is 9.91. The summed E-state index contributed by atoms with van der Waals surface area (Å²) in [4.78, 5) is 13.2. The highest BCUT2D eigenvalue weighted by atomic mass is 16.4. The third kappa shape index (κ3) is 3.60. The summed E-state index contributed by atoms with van der Waals surface area (Å²) in [6.07, 6.45) is 2.33. The number of aryl methyl sites for hydroxylation is 2. The number of carboxylic acid groups (broad SMARTS) is 1. The molecule has 0 bridgehead atoms. The van der Waals surface area contributed by atoms with Crippen LogP contribution in [0.3, 0.4) is 0 Å². The van der Waals surface area contributed by atoms with Crippen molar-refractivity contribution in [2.45, 2.75) is 46.1 Å². The van der Waals surface area contributed by atoms with Gasteiger partial charge < -0.3 is 5.11 Å². The van der Waals surface area contributed by atoms with Crippen molar-refractivity contribution in [2.24, 2.45) is 5.92 Å². The number of likely N-dealkylation sites (tertiary alicyclic amines) is 1. The molecule has 110 valence electrons. The summed E-state index contributed by atoms with van der Waals surface area (Å²) < 4.78 is 0. The van der Waals surface area contributed by atoms with Crippen LogP contribution in [-0.2, 0) is 4.79 Å². The van der Waals surface area contributed by atoms with Gasteiger partial charge in [-0.05, 0) is 69.3 Å². The molecular formula is C17H25NO2. The van der Waals surface area contributed by atoms with Gasteiger partial charge in [0, 0.05) is 12.5 Å². The zero-order valence-corrected chi connectivity index (χ0v) is 12.7. The summed E-state index contributed by atoms with van der Waals surface area (Å²) in [5, 5.41) is 8.86. The maximum absolute atomic E-state index is 10.8. The maximum Gasteiger partial charge on any atom is 0.303 e. The molecule has 1 saturated heterocycles. The number of piperidine rings is 1. The molecule has 20 heavy (non-hydrogen) atoms. The van der Waals surface area contributed by atoms with Gasteiger partial charge in [-0.25, -0.2) is 0 Å². The molecule has 1 aromatic rings. The molecule has 0 aliphatic carbocycles. The third-order valence-corrected chi connectivity index (χ3v) is 4.67. The Morgan fingerprint density at radius 3 is 2.50 bits per heavy atom. The van der Waals surface area contributed by atoms with Gasteiger partial charge in [-0.2, -0.15) is 0 Å². The summed E-state index contributed by atoms with van der Waals surface area (Å²) in [7, 11) is 0. The zero-order valence-electron chi connectivity index (χ0n) is 12.7. The summed E-state index contributed by atoms with van der Waals surface area (Å²) >= 11 is 0. The number of carbonyl (C=O) groups is 1. The molecule has 1 unspecified atom stereocenters. The van der Waals surface area contributed by atoms with Crippen molar-refractivity contribution in [1.29, 1.82) is 0 Å². The van der Waals surface area contributed by atoms with Crippen LogP contribution in [0.2, 0.25) is 0 Å². The largest absolute Gasteiger partial charge is 0.481 e. The number of nitrogens with zero attached hydrogens (tertiary/aromatic N) is 1. The quantitative estimate of drug-likeness (QED) is 0.913. The standard InChI is InChI=1S/C17H25NO2/c1-12-4-5-16(10-13(12)2)14(3)18-8-6-15(7-9-18)11-17(19)20/h4-5,10,14-15H,6-9,11H2,1-3H3,(H,19,20). The maximum atomic E-state index is 10.8. The minimum atomic E-state index is -0.661. The molecule has 1 aliphatic rings. The molecule has 0 radical (unpaired) electrons. The number of hydrogen-bond donors (Lipinski definition) is 1. The van der Waals surface area contributed by atoms with Crippen LogP contribution in [0.1, 0.15) is 48.9 Å². The molecule has 2 rings (SSSR count). The van der Waals surface area contributed by atoms with Gasteiger partial charge in [0.05, 0.1) is 0 Å². The van der Waals surface area contributed by atoms with Crippen LogP contribution in [0.4, 0.5) is 0 Å². The van der Waals surface area contributed by atoms with Gasteiger partial charge in [0.15, 0.2) is 0 Å². The van der Waals surface area contributed by atoms with Crippen LogP contribution in [0.15, 0.2) is 18.2 Å². The summed E-state index contributed by atoms with van der Waals surface area (Å²) in [5.41, 5.74) is 4.04. The summed E-state index contributed by atoms with van der Waals surface area (Å²) in [6.45, 7) is 8.56. The normalized spacial score (nSPS) is 18.9. The predicted octanol–water partition coefficient (Wildman–Crippen LogP) is 3.55. The van der Waals surface area contributed by atoms with Crippen LogP contribution in [0.5, 0.6) is 0 Å². The fraction of sp³-hybridized carbons (Fsp3) is 0.588. The zero-order chi connectivity index (χ0) is 14.7. The highest BCUT2D eigenvalue weighted by Gasteiger charge is 2.24. The van der Waals surface area contributed by atoms with E-state index in [2.05, 4.69) is 43.9 Å². The molecule has 0 aromatic heterocycles. The highest BCUT2D eigenvalue weighted by molar-refractivity contribution is 5.67. The van der Waals surface area contributed by atoms with Crippen molar-refractivity contribution in [3.63, 3.8) is 0 Å². The van der Waals surface area contributed by atoms with E-state index in [1.54, 1.807) is 0 Å². The molecule has 1 N–H and O–H groups in total. The van der Waals surface area contributed by atoms with E-state index in [9.17, 15) is 4.79 Å². The number of rotatable bonds is 4. The summed E-state index contributed by atoms with van der Waals surface area (Å²) in [5.74, 6) is -0.304. The van der Waals surface area contributed by atoms with Gasteiger partial charge in [-0.15, -0.1) is 0 Å². The SMILES string of the molecule is Cc1ccc(C(C)N2CCC(CC(=O)O)CC2)cc1C. The fourth-order valence-corrected chi connectivity index (χ4v) is 3.03. The van der Waals surface area contributed by atoms with E-state index in [-0.39, 0.29) is 0 Å². The van der Waals surface area contributed by atoms with Crippen molar-refractivity contribution < 1.29 is 9.90 Å². The number of aliphatic carboxylic acids is 1. The van der Waals surface area contributed by atoms with Crippen LogP contribution < -0.4 is 0 Å². The number of carboxylic acids is 1. The Bertz CT molecular complexity index is 476. The van der Waals surface area contributed by atoms with Crippen molar-refractivity contribution in [3.05, 3.63) is 34.9 Å². The lowest BCUT2D eigenvalue weighted by molar-refractivity contribution is -0.138. The Hall–Kier alpha value is -1.35. The number of benzene rings is 1. The number of hydrogen-bond acceptors (Lipinski definition) is 2. The smallest absolute Gasteiger partial charge is 0.303 e. The molecule has 1 aliphatic heterocycles. The van der Waals surface area contributed by atoms with Crippen molar-refractivity contribution in [2.75, 3.05) is 13.1 Å². The van der Waals surface area contributed by atoms with Crippen LogP contribution >= 0.6 is 0 Å². The highest BCUT2D eigenvalue weighted by Crippen LogP contribution is 2.28. The first-order chi connectivity index (χ1) is 9.47. The lowest BCUT2D eigenvalue weighted by Crippen LogP contribution is -2.36. The first-order valence-corrected chi connectivity index (χ1v) is 7.50. The Balaban J connectivity index is 1.95. The molecule has 1 aromatic carbocycles. The molecule has 3 heteroatoms. The summed E-state index contributed by atoms with van der Waals surface area (Å²) in [6, 6.07) is 7.11. The first-order valence-electron chi connectivity index (χ1n) is 7.50. The lowest BCUT2D eigenvalue weighted by Gasteiger charge is -2.36. The Morgan fingerprint density at radius 1 is 1.30 bits per heavy atom. The van der Waals surface area contributed by atoms with E-state index in [0.29, 0.717) is 18.4 Å². The Kier molecular flexibility index (Phi) is 4.81. The van der Waals surface area contributed by atoms with Gasteiger partial charge in [0.1, 0.15) is 0 Å². The molecule has 1 heterocycles. The van der Waals surface area contributed by atoms with Gasteiger partial charge in [-0.1, -0.05) is 18.2 Å². The molecular weight excluding hydrogens is 250 g/mol. The predicted molar refractivity (Wildman–Crippen MR) is 80.9 cm³/mol. The Labute approximate surface area is 121 Å². The average molecular weight is 275 g/mol. The second-order valence-electron chi connectivity index (χ2n) is 6.10. The van der Waals surface area contributed by atoms with E-state index in [1.807, 2.05) is 0 Å². The second-order valence-corrected chi connectivity index (χ2v) is 6.10. The molecule has 0 saturated carbocycles. The van der Waals surface area contributed by atoms with E-state index in [0.717, 1.165) is 25.9 Å². The van der Waals surface area contributed by atoms with Gasteiger partial charge in [0.25, 0.3) is 0 Å². The van der Waals surface area contributed by atoms with Crippen LogP contribution in [0.25, 0.3) is 0 Å². The molecule has 0 spiro atoms. The van der Waals surface area contributed by atoms with Crippen LogP contribution in [0, 0.1) is 19.8 Å². The van der Waals surface area contributed by atoms with Gasteiger partial charge in [0.2, 0.25) is 0 Å². The van der Waals surface area contributed by atoms with E-state index >= 15 is 0 Å². The van der Waals surface area contributed by atoms with Crippen molar-refractivity contribution in [3.8, 4) is 0 Å². The van der Waals surface area contributed by atoms with E-state index in [4.69, 9.17) is 5.11 Å². The fourth-order valence-electron chi connectivity index (χ4n) is 3.03. The van der Waals surface area contributed by atoms with Gasteiger partial charge in [-0.3, -0.25) is 9.69 Å². The molecule has 1 fully saturated rings. The topological polar surface area (TPSA) is 40.5 Å². The van der Waals surface area contributed by atoms with Crippen molar-refractivity contribution >= 4 is 5.97 Å². The minimum Gasteiger partial charge on any atom is -0.481 e. The molecule has 0 amide bonds. The molecule has 3 nitrogen and oxygen atoms in total. The van der Waals surface area contributed by atoms with Crippen LogP contribution in [-0.4, -0.2) is 29.1 Å². The minimum absolute atomic E-state index is 0.325. The monoisotopic (exact) mass is 275 g/mol. The van der Waals surface area contributed by atoms with E-state index in [1.165, 1.54) is 16.7 Å². The van der Waals surface area contributed by atoms with E-state index < -0.39 is 5.97 Å². The molecule has 1 atom stereocenters. The average Bonchev–Trinajstić information content (AvgIpc) is 2.41.